The first-order chi connectivity index (χ1) is 8.20. The molecule has 92 valence electrons. The number of nitrogens with one attached hydrogen (secondary N) is 1. The van der Waals surface area contributed by atoms with Crippen molar-refractivity contribution in [1.82, 2.24) is 10.2 Å². The number of aryl methyl sites for hydroxylation is 1. The van der Waals surface area contributed by atoms with Crippen molar-refractivity contribution in [3.63, 3.8) is 0 Å². The minimum absolute atomic E-state index is 0.778. The Bertz CT molecular complexity index is 429. The van der Waals surface area contributed by atoms with Crippen LogP contribution in [0.2, 0.25) is 0 Å². The number of nitrogens with zero attached hydrogens (tertiary/aromatic N) is 2. The Morgan fingerprint density at radius 3 is 2.94 bits per heavy atom. The highest BCUT2D eigenvalue weighted by atomic mass is 16.5. The molecule has 0 saturated carbocycles. The third kappa shape index (κ3) is 2.70. The first-order valence-electron chi connectivity index (χ1n) is 5.83. The average Bonchev–Trinajstić information content (AvgIpc) is 2.74. The van der Waals surface area contributed by atoms with Crippen LogP contribution in [0.15, 0.2) is 23.2 Å². The van der Waals surface area contributed by atoms with Crippen LogP contribution in [-0.4, -0.2) is 38.1 Å². The van der Waals surface area contributed by atoms with Crippen LogP contribution >= 0.6 is 0 Å². The van der Waals surface area contributed by atoms with E-state index in [4.69, 9.17) is 4.74 Å². The van der Waals surface area contributed by atoms with E-state index in [0.717, 1.165) is 36.9 Å². The molecule has 17 heavy (non-hydrogen) atoms. The topological polar surface area (TPSA) is 36.9 Å². The Morgan fingerprint density at radius 2 is 2.29 bits per heavy atom. The molecule has 2 rings (SSSR count). The van der Waals surface area contributed by atoms with Gasteiger partial charge in [-0.05, 0) is 24.1 Å². The van der Waals surface area contributed by atoms with Crippen LogP contribution in [0.4, 0.5) is 0 Å². The molecule has 4 heteroatoms. The van der Waals surface area contributed by atoms with Crippen LogP contribution in [0.5, 0.6) is 5.75 Å². The molecule has 0 atom stereocenters. The van der Waals surface area contributed by atoms with Crippen LogP contribution in [0, 0.1) is 6.92 Å². The predicted octanol–water partition coefficient (Wildman–Crippen LogP) is 1.39. The molecule has 1 heterocycles. The lowest BCUT2D eigenvalue weighted by Crippen LogP contribution is -2.35. The lowest BCUT2D eigenvalue weighted by Gasteiger charge is -2.15. The van der Waals surface area contributed by atoms with E-state index in [2.05, 4.69) is 40.5 Å². The van der Waals surface area contributed by atoms with Gasteiger partial charge in [0, 0.05) is 20.1 Å². The van der Waals surface area contributed by atoms with Gasteiger partial charge in [0.05, 0.1) is 13.7 Å². The molecule has 4 nitrogen and oxygen atoms in total. The van der Waals surface area contributed by atoms with Crippen molar-refractivity contribution in [1.29, 1.82) is 0 Å². The molecular formula is C13H19N3O. The molecule has 0 spiro atoms. The van der Waals surface area contributed by atoms with Crippen molar-refractivity contribution in [2.45, 2.75) is 13.5 Å². The average molecular weight is 233 g/mol. The van der Waals surface area contributed by atoms with Gasteiger partial charge in [0.25, 0.3) is 0 Å². The number of ether oxygens (including phenoxy) is 1. The van der Waals surface area contributed by atoms with E-state index >= 15 is 0 Å². The van der Waals surface area contributed by atoms with Gasteiger partial charge < -0.3 is 15.0 Å². The summed E-state index contributed by atoms with van der Waals surface area (Å²) in [6.07, 6.45) is 0. The molecule has 0 bridgehead atoms. The summed E-state index contributed by atoms with van der Waals surface area (Å²) >= 11 is 0. The maximum absolute atomic E-state index is 5.31. The van der Waals surface area contributed by atoms with Gasteiger partial charge in [-0.25, -0.2) is 0 Å². The summed E-state index contributed by atoms with van der Waals surface area (Å²) in [4.78, 5) is 6.52. The van der Waals surface area contributed by atoms with Crippen LogP contribution in [-0.2, 0) is 6.54 Å². The highest BCUT2D eigenvalue weighted by Crippen LogP contribution is 2.18. The number of guanidine groups is 1. The summed E-state index contributed by atoms with van der Waals surface area (Å²) in [7, 11) is 3.75. The Hall–Kier alpha value is -1.71. The Kier molecular flexibility index (Phi) is 3.52. The summed E-state index contributed by atoms with van der Waals surface area (Å²) in [6.45, 7) is 4.71. The van der Waals surface area contributed by atoms with Gasteiger partial charge in [0.2, 0.25) is 0 Å². The normalized spacial score (nSPS) is 14.8. The molecule has 0 radical (unpaired) electrons. The highest BCUT2D eigenvalue weighted by molar-refractivity contribution is 5.81. The lowest BCUT2D eigenvalue weighted by molar-refractivity contribution is 0.411. The summed E-state index contributed by atoms with van der Waals surface area (Å²) in [6, 6.07) is 6.26. The lowest BCUT2D eigenvalue weighted by atomic mass is 10.1. The fourth-order valence-electron chi connectivity index (χ4n) is 1.88. The number of methoxy groups -OCH3 is 1. The number of hydrogen-bond donors (Lipinski definition) is 1. The van der Waals surface area contributed by atoms with E-state index in [1.54, 1.807) is 7.11 Å². The minimum Gasteiger partial charge on any atom is -0.496 e. The Balaban J connectivity index is 1.99. The van der Waals surface area contributed by atoms with E-state index in [1.165, 1.54) is 5.56 Å². The predicted molar refractivity (Wildman–Crippen MR) is 69.5 cm³/mol. The van der Waals surface area contributed by atoms with Crippen LogP contribution in [0.3, 0.4) is 0 Å². The van der Waals surface area contributed by atoms with Crippen molar-refractivity contribution < 1.29 is 4.74 Å². The summed E-state index contributed by atoms with van der Waals surface area (Å²) in [5.41, 5.74) is 2.36. The first kappa shape index (κ1) is 11.8. The maximum Gasteiger partial charge on any atom is 0.194 e. The van der Waals surface area contributed by atoms with Gasteiger partial charge >= 0.3 is 0 Å². The molecule has 0 saturated heterocycles. The van der Waals surface area contributed by atoms with Crippen molar-refractivity contribution in [2.24, 2.45) is 4.99 Å². The van der Waals surface area contributed by atoms with Gasteiger partial charge in [-0.2, -0.15) is 0 Å². The van der Waals surface area contributed by atoms with Gasteiger partial charge in [-0.15, -0.1) is 0 Å². The second kappa shape index (κ2) is 5.08. The zero-order valence-electron chi connectivity index (χ0n) is 10.7. The highest BCUT2D eigenvalue weighted by Gasteiger charge is 2.11. The number of hydrogen-bond acceptors (Lipinski definition) is 4. The van der Waals surface area contributed by atoms with E-state index in [-0.39, 0.29) is 0 Å². The first-order valence-corrected chi connectivity index (χ1v) is 5.83. The van der Waals surface area contributed by atoms with Crippen molar-refractivity contribution in [2.75, 3.05) is 27.2 Å². The van der Waals surface area contributed by atoms with Gasteiger partial charge in [-0.1, -0.05) is 12.1 Å². The summed E-state index contributed by atoms with van der Waals surface area (Å²) in [5, 5.41) is 3.34. The number of benzene rings is 1. The minimum atomic E-state index is 0.778. The maximum atomic E-state index is 5.31. The van der Waals surface area contributed by atoms with Crippen molar-refractivity contribution in [3.05, 3.63) is 29.3 Å². The smallest absolute Gasteiger partial charge is 0.194 e. The molecule has 0 aromatic heterocycles. The summed E-state index contributed by atoms with van der Waals surface area (Å²) < 4.78 is 5.31. The van der Waals surface area contributed by atoms with E-state index in [1.807, 2.05) is 6.92 Å². The second-order valence-corrected chi connectivity index (χ2v) is 4.28. The fourth-order valence-corrected chi connectivity index (χ4v) is 1.88. The Labute approximate surface area is 102 Å². The standard InChI is InChI=1S/C13H19N3O/c1-10-4-5-11(8-12(10)17-3)9-15-13-14-6-7-16(13)2/h4-5,8H,6-7,9H2,1-3H3,(H,14,15). The molecular weight excluding hydrogens is 214 g/mol. The molecule has 1 aromatic rings. The van der Waals surface area contributed by atoms with Gasteiger partial charge in [0.1, 0.15) is 5.75 Å². The molecule has 1 aliphatic rings. The SMILES string of the molecule is COc1cc(CNC2=NCCN2C)ccc1C. The molecule has 1 aliphatic heterocycles. The third-order valence-electron chi connectivity index (χ3n) is 2.98. The molecule has 0 amide bonds. The monoisotopic (exact) mass is 233 g/mol. The molecule has 0 aliphatic carbocycles. The third-order valence-corrected chi connectivity index (χ3v) is 2.98. The van der Waals surface area contributed by atoms with Crippen molar-refractivity contribution in [3.8, 4) is 5.75 Å². The van der Waals surface area contributed by atoms with Gasteiger partial charge in [-0.3, -0.25) is 4.99 Å². The number of rotatable bonds is 3. The second-order valence-electron chi connectivity index (χ2n) is 4.28. The Morgan fingerprint density at radius 1 is 1.47 bits per heavy atom. The van der Waals surface area contributed by atoms with Crippen molar-refractivity contribution >= 4 is 5.96 Å². The molecule has 1 N–H and O–H groups in total. The van der Waals surface area contributed by atoms with E-state index in [9.17, 15) is 0 Å². The van der Waals surface area contributed by atoms with Crippen LogP contribution in [0.25, 0.3) is 0 Å². The number of aliphatic imine (C=N–C) groups is 1. The van der Waals surface area contributed by atoms with E-state index < -0.39 is 0 Å². The quantitative estimate of drug-likeness (QED) is 0.857. The largest absolute Gasteiger partial charge is 0.496 e. The van der Waals surface area contributed by atoms with E-state index in [0.29, 0.717) is 0 Å². The van der Waals surface area contributed by atoms with Gasteiger partial charge in [0.15, 0.2) is 5.96 Å². The zero-order valence-corrected chi connectivity index (χ0v) is 10.7. The zero-order chi connectivity index (χ0) is 12.3. The summed E-state index contributed by atoms with van der Waals surface area (Å²) in [5.74, 6) is 1.91. The van der Waals surface area contributed by atoms with Crippen LogP contribution in [0.1, 0.15) is 11.1 Å². The molecule has 0 fully saturated rings. The molecule has 1 aromatic carbocycles. The molecule has 0 unspecified atom stereocenters. The number of likely N-dealkylation sites (N-methyl/N-ethyl adjacent to an activating group) is 1. The fraction of sp³-hybridized carbons (Fsp3) is 0.462. The van der Waals surface area contributed by atoms with Crippen LogP contribution < -0.4 is 10.1 Å².